The summed E-state index contributed by atoms with van der Waals surface area (Å²) in [4.78, 5) is 0. The van der Waals surface area contributed by atoms with Crippen molar-refractivity contribution in [2.24, 2.45) is 5.92 Å². The van der Waals surface area contributed by atoms with Gasteiger partial charge >= 0.3 is 0 Å². The third-order valence-corrected chi connectivity index (χ3v) is 3.39. The van der Waals surface area contributed by atoms with Crippen molar-refractivity contribution >= 4 is 7.28 Å². The highest BCUT2D eigenvalue weighted by Crippen LogP contribution is 2.24. The van der Waals surface area contributed by atoms with Gasteiger partial charge in [-0.25, -0.2) is 0 Å². The van der Waals surface area contributed by atoms with Crippen LogP contribution in [0.2, 0.25) is 12.1 Å². The minimum absolute atomic E-state index is 0.722. The molecule has 0 aromatic heterocycles. The van der Waals surface area contributed by atoms with Gasteiger partial charge in [-0.2, -0.15) is 0 Å². The molecule has 2 atom stereocenters. The molecule has 0 aromatic carbocycles. The van der Waals surface area contributed by atoms with Gasteiger partial charge in [0.25, 0.3) is 0 Å². The monoisotopic (exact) mass is 210 g/mol. The Labute approximate surface area is 97.7 Å². The van der Waals surface area contributed by atoms with Crippen molar-refractivity contribution in [1.82, 2.24) is 5.32 Å². The molecule has 89 valence electrons. The Morgan fingerprint density at radius 2 is 1.80 bits per heavy atom. The summed E-state index contributed by atoms with van der Waals surface area (Å²) in [5.74, 6) is 1.63. The molecule has 0 amide bonds. The van der Waals surface area contributed by atoms with E-state index in [1.807, 2.05) is 0 Å². The third kappa shape index (κ3) is 7.00. The van der Waals surface area contributed by atoms with Crippen LogP contribution >= 0.6 is 0 Å². The van der Waals surface area contributed by atoms with Crippen molar-refractivity contribution in [2.75, 3.05) is 7.05 Å². The third-order valence-electron chi connectivity index (χ3n) is 3.39. The molecule has 2 heteroatoms. The molecule has 1 radical (unpaired) electrons. The minimum Gasteiger partial charge on any atom is -0.317 e. The van der Waals surface area contributed by atoms with Crippen LogP contribution in [0.4, 0.5) is 0 Å². The first kappa shape index (κ1) is 15.0. The van der Waals surface area contributed by atoms with E-state index in [0.29, 0.717) is 0 Å². The molecule has 0 aromatic rings. The van der Waals surface area contributed by atoms with Gasteiger partial charge in [0.2, 0.25) is 0 Å². The van der Waals surface area contributed by atoms with Gasteiger partial charge in [0, 0.05) is 6.04 Å². The average molecular weight is 210 g/mol. The van der Waals surface area contributed by atoms with Gasteiger partial charge in [-0.1, -0.05) is 58.6 Å². The quantitative estimate of drug-likeness (QED) is 0.571. The molecule has 0 saturated heterocycles. The predicted octanol–water partition coefficient (Wildman–Crippen LogP) is 3.74. The lowest BCUT2D eigenvalue weighted by atomic mass is 9.56. The lowest BCUT2D eigenvalue weighted by molar-refractivity contribution is 0.454. The maximum atomic E-state index is 3.38. The SMILES string of the molecule is CC[B]C(CCCC(CC)NC)C(C)C. The summed E-state index contributed by atoms with van der Waals surface area (Å²) in [5, 5.41) is 3.38. The van der Waals surface area contributed by atoms with Crippen LogP contribution in [0.3, 0.4) is 0 Å². The summed E-state index contributed by atoms with van der Waals surface area (Å²) in [6, 6.07) is 0.722. The van der Waals surface area contributed by atoms with Gasteiger partial charge in [0.15, 0.2) is 0 Å². The van der Waals surface area contributed by atoms with E-state index in [1.165, 1.54) is 32.0 Å². The number of rotatable bonds is 9. The molecule has 0 aliphatic rings. The summed E-state index contributed by atoms with van der Waals surface area (Å²) < 4.78 is 0. The first-order valence-corrected chi connectivity index (χ1v) is 6.66. The fourth-order valence-corrected chi connectivity index (χ4v) is 2.18. The zero-order chi connectivity index (χ0) is 11.7. The normalized spacial score (nSPS) is 15.3. The standard InChI is InChI=1S/C13H29BN/c1-6-12(15-5)9-8-10-13(11(3)4)14-7-2/h11-13,15H,6-10H2,1-5H3. The average Bonchev–Trinajstić information content (AvgIpc) is 2.22. The second-order valence-electron chi connectivity index (χ2n) is 4.88. The van der Waals surface area contributed by atoms with Gasteiger partial charge in [-0.15, -0.1) is 0 Å². The first-order valence-electron chi connectivity index (χ1n) is 6.66. The second-order valence-corrected chi connectivity index (χ2v) is 4.88. The van der Waals surface area contributed by atoms with Gasteiger partial charge < -0.3 is 5.32 Å². The highest BCUT2D eigenvalue weighted by atomic mass is 14.9. The van der Waals surface area contributed by atoms with Crippen LogP contribution in [0.15, 0.2) is 0 Å². The molecule has 0 bridgehead atoms. The Morgan fingerprint density at radius 1 is 1.13 bits per heavy atom. The summed E-state index contributed by atoms with van der Waals surface area (Å²) in [6.45, 7) is 9.19. The van der Waals surface area contributed by atoms with E-state index in [9.17, 15) is 0 Å². The smallest absolute Gasteiger partial charge is 0.113 e. The first-order chi connectivity index (χ1) is 7.15. The lowest BCUT2D eigenvalue weighted by Gasteiger charge is -2.21. The minimum atomic E-state index is 0.722. The topological polar surface area (TPSA) is 12.0 Å². The maximum Gasteiger partial charge on any atom is 0.113 e. The molecule has 0 fully saturated rings. The van der Waals surface area contributed by atoms with Crippen molar-refractivity contribution in [2.45, 2.75) is 71.6 Å². The molecule has 0 heterocycles. The highest BCUT2D eigenvalue weighted by molar-refractivity contribution is 6.37. The van der Waals surface area contributed by atoms with Crippen LogP contribution < -0.4 is 5.32 Å². The van der Waals surface area contributed by atoms with E-state index in [1.54, 1.807) is 0 Å². The maximum absolute atomic E-state index is 3.38. The second kappa shape index (κ2) is 9.27. The van der Waals surface area contributed by atoms with E-state index < -0.39 is 0 Å². The van der Waals surface area contributed by atoms with Gasteiger partial charge in [-0.3, -0.25) is 0 Å². The largest absolute Gasteiger partial charge is 0.317 e. The molecule has 0 aliphatic carbocycles. The Bertz CT molecular complexity index is 132. The van der Waals surface area contributed by atoms with E-state index in [2.05, 4.69) is 47.3 Å². The van der Waals surface area contributed by atoms with Crippen LogP contribution in [0.5, 0.6) is 0 Å². The zero-order valence-corrected chi connectivity index (χ0v) is 11.3. The van der Waals surface area contributed by atoms with E-state index in [4.69, 9.17) is 0 Å². The fraction of sp³-hybridized carbons (Fsp3) is 1.00. The molecule has 1 N–H and O–H groups in total. The number of hydrogen-bond donors (Lipinski definition) is 1. The zero-order valence-electron chi connectivity index (χ0n) is 11.3. The Kier molecular flexibility index (Phi) is 9.28. The summed E-state index contributed by atoms with van der Waals surface area (Å²) >= 11 is 0. The van der Waals surface area contributed by atoms with Crippen LogP contribution in [0, 0.1) is 5.92 Å². The molecule has 0 spiro atoms. The van der Waals surface area contributed by atoms with Crippen molar-refractivity contribution in [3.8, 4) is 0 Å². The van der Waals surface area contributed by atoms with E-state index >= 15 is 0 Å². The Hall–Kier alpha value is 0.0249. The van der Waals surface area contributed by atoms with Gasteiger partial charge in [0.05, 0.1) is 0 Å². The fourth-order valence-electron chi connectivity index (χ4n) is 2.18. The van der Waals surface area contributed by atoms with Crippen LogP contribution in [0.25, 0.3) is 0 Å². The predicted molar refractivity (Wildman–Crippen MR) is 71.8 cm³/mol. The molecule has 0 aliphatic heterocycles. The van der Waals surface area contributed by atoms with Crippen LogP contribution in [-0.4, -0.2) is 20.4 Å². The van der Waals surface area contributed by atoms with Crippen LogP contribution in [0.1, 0.15) is 53.4 Å². The van der Waals surface area contributed by atoms with Crippen molar-refractivity contribution in [3.05, 3.63) is 0 Å². The summed E-state index contributed by atoms with van der Waals surface area (Å²) in [6.07, 6.45) is 6.52. The van der Waals surface area contributed by atoms with Crippen molar-refractivity contribution < 1.29 is 0 Å². The number of nitrogens with one attached hydrogen (secondary N) is 1. The van der Waals surface area contributed by atoms with Crippen LogP contribution in [-0.2, 0) is 0 Å². The molecule has 15 heavy (non-hydrogen) atoms. The summed E-state index contributed by atoms with van der Waals surface area (Å²) in [7, 11) is 4.57. The Balaban J connectivity index is 3.69. The van der Waals surface area contributed by atoms with Crippen molar-refractivity contribution in [3.63, 3.8) is 0 Å². The number of hydrogen-bond acceptors (Lipinski definition) is 1. The summed E-state index contributed by atoms with van der Waals surface area (Å²) in [5.41, 5.74) is 0. The molecule has 0 saturated carbocycles. The van der Waals surface area contributed by atoms with Crippen molar-refractivity contribution in [1.29, 1.82) is 0 Å². The Morgan fingerprint density at radius 3 is 2.20 bits per heavy atom. The molecular formula is C13H29BN. The van der Waals surface area contributed by atoms with E-state index in [-0.39, 0.29) is 0 Å². The molecule has 2 unspecified atom stereocenters. The lowest BCUT2D eigenvalue weighted by Crippen LogP contribution is -2.24. The molecule has 1 nitrogen and oxygen atoms in total. The molecule has 0 rings (SSSR count). The van der Waals surface area contributed by atoms with Gasteiger partial charge in [-0.05, 0) is 19.9 Å². The van der Waals surface area contributed by atoms with E-state index in [0.717, 1.165) is 17.8 Å². The molecular weight excluding hydrogens is 181 g/mol. The highest BCUT2D eigenvalue weighted by Gasteiger charge is 2.13. The van der Waals surface area contributed by atoms with Gasteiger partial charge in [0.1, 0.15) is 7.28 Å².